The van der Waals surface area contributed by atoms with Crippen LogP contribution < -0.4 is 10.6 Å². The number of rotatable bonds is 7. The van der Waals surface area contributed by atoms with Crippen molar-refractivity contribution in [3.8, 4) is 0 Å². The molecule has 2 aliphatic rings. The number of aromatic nitrogens is 4. The second-order valence-corrected chi connectivity index (χ2v) is 11.6. The number of nitrogens with one attached hydrogen (secondary N) is 2. The van der Waals surface area contributed by atoms with Gasteiger partial charge in [0.25, 0.3) is 5.91 Å². The zero-order valence-electron chi connectivity index (χ0n) is 22.8. The summed E-state index contributed by atoms with van der Waals surface area (Å²) in [4.78, 5) is 30.1. The van der Waals surface area contributed by atoms with Crippen molar-refractivity contribution in [3.05, 3.63) is 47.2 Å². The van der Waals surface area contributed by atoms with Gasteiger partial charge in [0.1, 0.15) is 17.5 Å². The predicted molar refractivity (Wildman–Crippen MR) is 135 cm³/mol. The predicted octanol–water partition coefficient (Wildman–Crippen LogP) is 5.08. The smallest absolute Gasteiger partial charge is 0.364 e. The third-order valence-corrected chi connectivity index (χ3v) is 7.99. The molecule has 3 aromatic heterocycles. The molecule has 1 saturated heterocycles. The van der Waals surface area contributed by atoms with Gasteiger partial charge in [-0.1, -0.05) is 5.16 Å². The van der Waals surface area contributed by atoms with Crippen LogP contribution in [0.25, 0.3) is 5.65 Å². The van der Waals surface area contributed by atoms with E-state index in [-0.39, 0.29) is 49.8 Å². The first-order valence-corrected chi connectivity index (χ1v) is 13.6. The highest BCUT2D eigenvalue weighted by atomic mass is 19.4. The van der Waals surface area contributed by atoms with Gasteiger partial charge in [-0.2, -0.15) is 18.3 Å². The molecule has 2 N–H and O–H groups in total. The molecule has 1 unspecified atom stereocenters. The lowest BCUT2D eigenvalue weighted by molar-refractivity contribution is -0.183. The Balaban J connectivity index is 1.41. The number of piperidine rings is 1. The Labute approximate surface area is 236 Å². The normalized spacial score (nSPS) is 22.6. The molecule has 228 valence electrons. The summed E-state index contributed by atoms with van der Waals surface area (Å²) in [6, 6.07) is 2.28. The number of imidazole rings is 1. The Morgan fingerprint density at radius 3 is 2.60 bits per heavy atom. The van der Waals surface area contributed by atoms with Crippen LogP contribution >= 0.6 is 0 Å². The highest BCUT2D eigenvalue weighted by molar-refractivity contribution is 5.95. The molecule has 1 aliphatic carbocycles. The van der Waals surface area contributed by atoms with Crippen LogP contribution in [-0.4, -0.2) is 50.2 Å². The molecule has 15 heteroatoms. The monoisotopic (exact) mass is 600 g/mol. The summed E-state index contributed by atoms with van der Waals surface area (Å²) in [7, 11) is 0. The number of nitrogens with zero attached hydrogens (tertiary/aromatic N) is 4. The van der Waals surface area contributed by atoms with Crippen molar-refractivity contribution in [1.82, 2.24) is 30.4 Å². The standard InChI is InChI=1S/C27H30F6N6O3/c1-25(2,28)22-18(13-42-38-22)24(41)36-21(14-5-7-26(29,30)8-6-14)19-12-39-20(35-19)4-3-17(37-39)10-15-9-16(27(31,32)33)11-34-23(15)40/h3-4,12-16,21H,5-11H2,1-2H3,(H,34,40)(H,36,41)/t15?,16-,21+/m1/s1. The molecule has 0 radical (unpaired) electrons. The van der Waals surface area contributed by atoms with E-state index in [9.17, 15) is 35.9 Å². The van der Waals surface area contributed by atoms with Gasteiger partial charge in [-0.3, -0.25) is 9.59 Å². The van der Waals surface area contributed by atoms with Crippen molar-refractivity contribution in [2.45, 2.75) is 76.2 Å². The zero-order chi connectivity index (χ0) is 30.4. The molecular weight excluding hydrogens is 570 g/mol. The minimum Gasteiger partial charge on any atom is -0.364 e. The average molecular weight is 601 g/mol. The van der Waals surface area contributed by atoms with Crippen LogP contribution in [0, 0.1) is 17.8 Å². The van der Waals surface area contributed by atoms with E-state index in [2.05, 4.69) is 25.9 Å². The van der Waals surface area contributed by atoms with E-state index in [0.29, 0.717) is 17.0 Å². The summed E-state index contributed by atoms with van der Waals surface area (Å²) in [5.41, 5.74) is -1.33. The number of amides is 2. The Bertz CT molecular complexity index is 1450. The lowest BCUT2D eigenvalue weighted by Crippen LogP contribution is -2.47. The van der Waals surface area contributed by atoms with Crippen molar-refractivity contribution >= 4 is 17.5 Å². The molecule has 5 rings (SSSR count). The molecule has 1 aliphatic heterocycles. The maximum atomic E-state index is 14.6. The molecule has 3 aromatic rings. The van der Waals surface area contributed by atoms with Crippen molar-refractivity contribution in [2.75, 3.05) is 6.54 Å². The molecule has 2 fully saturated rings. The van der Waals surface area contributed by atoms with Gasteiger partial charge in [-0.05, 0) is 51.2 Å². The Hall–Kier alpha value is -3.65. The van der Waals surface area contributed by atoms with Crippen molar-refractivity contribution in [1.29, 1.82) is 0 Å². The fraction of sp³-hybridized carbons (Fsp3) is 0.593. The second-order valence-electron chi connectivity index (χ2n) is 11.6. The summed E-state index contributed by atoms with van der Waals surface area (Å²) in [5, 5.41) is 13.1. The fourth-order valence-electron chi connectivity index (χ4n) is 5.65. The van der Waals surface area contributed by atoms with Crippen LogP contribution in [0.4, 0.5) is 26.3 Å². The molecule has 9 nitrogen and oxygen atoms in total. The molecule has 2 amide bonds. The SMILES string of the molecule is CC(C)(F)c1nocc1C(=O)N[C@H](c1cn2nc(CC3C[C@@H](C(F)(F)F)CNC3=O)ccc2n1)C1CCC(F)(F)CC1. The molecule has 42 heavy (non-hydrogen) atoms. The van der Waals surface area contributed by atoms with Gasteiger partial charge in [0.05, 0.1) is 29.5 Å². The minimum atomic E-state index is -4.43. The number of halogens is 6. The molecule has 0 aromatic carbocycles. The summed E-state index contributed by atoms with van der Waals surface area (Å²) >= 11 is 0. The zero-order valence-corrected chi connectivity index (χ0v) is 22.8. The first-order valence-electron chi connectivity index (χ1n) is 13.6. The van der Waals surface area contributed by atoms with Gasteiger partial charge in [0.15, 0.2) is 11.3 Å². The van der Waals surface area contributed by atoms with Gasteiger partial charge >= 0.3 is 6.18 Å². The maximum absolute atomic E-state index is 14.6. The number of hydrogen-bond donors (Lipinski definition) is 2. The van der Waals surface area contributed by atoms with Crippen LogP contribution in [0.15, 0.2) is 29.1 Å². The summed E-state index contributed by atoms with van der Waals surface area (Å²) in [6.45, 7) is 1.97. The molecule has 1 saturated carbocycles. The van der Waals surface area contributed by atoms with Crippen LogP contribution in [0.2, 0.25) is 0 Å². The van der Waals surface area contributed by atoms with E-state index in [1.807, 2.05) is 0 Å². The van der Waals surface area contributed by atoms with E-state index in [4.69, 9.17) is 4.52 Å². The van der Waals surface area contributed by atoms with Crippen LogP contribution in [-0.2, 0) is 16.9 Å². The van der Waals surface area contributed by atoms with Crippen molar-refractivity contribution in [3.63, 3.8) is 0 Å². The van der Waals surface area contributed by atoms with E-state index in [1.165, 1.54) is 24.6 Å². The first-order chi connectivity index (χ1) is 19.6. The fourth-order valence-corrected chi connectivity index (χ4v) is 5.65. The Morgan fingerprint density at radius 2 is 1.93 bits per heavy atom. The third-order valence-electron chi connectivity index (χ3n) is 7.99. The summed E-state index contributed by atoms with van der Waals surface area (Å²) in [6.07, 6.45) is -2.88. The third kappa shape index (κ3) is 6.38. The van der Waals surface area contributed by atoms with E-state index in [0.717, 1.165) is 6.26 Å². The van der Waals surface area contributed by atoms with Gasteiger partial charge in [-0.15, -0.1) is 0 Å². The highest BCUT2D eigenvalue weighted by Crippen LogP contribution is 2.42. The van der Waals surface area contributed by atoms with Crippen molar-refractivity contribution < 1.29 is 40.5 Å². The number of fused-ring (bicyclic) bond motifs is 1. The largest absolute Gasteiger partial charge is 0.393 e. The van der Waals surface area contributed by atoms with E-state index in [1.54, 1.807) is 12.1 Å². The second kappa shape index (κ2) is 10.9. The number of alkyl halides is 6. The minimum absolute atomic E-state index is 0.0327. The molecule has 3 atom stereocenters. The summed E-state index contributed by atoms with van der Waals surface area (Å²) in [5.74, 6) is -7.02. The highest BCUT2D eigenvalue weighted by Gasteiger charge is 2.45. The summed E-state index contributed by atoms with van der Waals surface area (Å²) < 4.78 is 88.5. The molecule has 0 bridgehead atoms. The van der Waals surface area contributed by atoms with Crippen LogP contribution in [0.1, 0.15) is 79.4 Å². The van der Waals surface area contributed by atoms with Crippen molar-refractivity contribution in [2.24, 2.45) is 17.8 Å². The van der Waals surface area contributed by atoms with Gasteiger partial charge in [0.2, 0.25) is 11.8 Å². The Morgan fingerprint density at radius 1 is 1.21 bits per heavy atom. The van der Waals surface area contributed by atoms with Crippen LogP contribution in [0.5, 0.6) is 0 Å². The lowest BCUT2D eigenvalue weighted by Gasteiger charge is -2.33. The number of hydrogen-bond acceptors (Lipinski definition) is 6. The topological polar surface area (TPSA) is 114 Å². The maximum Gasteiger partial charge on any atom is 0.393 e. The van der Waals surface area contributed by atoms with E-state index >= 15 is 0 Å². The van der Waals surface area contributed by atoms with Gasteiger partial charge in [-0.25, -0.2) is 22.7 Å². The van der Waals surface area contributed by atoms with Gasteiger partial charge < -0.3 is 15.2 Å². The molecule has 0 spiro atoms. The quantitative estimate of drug-likeness (QED) is 0.366. The number of carbonyl (C=O) groups excluding carboxylic acids is 2. The van der Waals surface area contributed by atoms with Gasteiger partial charge in [0, 0.05) is 31.7 Å². The number of carbonyl (C=O) groups is 2. The average Bonchev–Trinajstić information content (AvgIpc) is 3.55. The lowest BCUT2D eigenvalue weighted by atomic mass is 9.81. The first kappa shape index (κ1) is 29.8. The van der Waals surface area contributed by atoms with E-state index < -0.39 is 59.9 Å². The Kier molecular flexibility index (Phi) is 7.73. The molecule has 4 heterocycles. The van der Waals surface area contributed by atoms with Crippen LogP contribution in [0.3, 0.4) is 0 Å². The molecular formula is C27H30F6N6O3.